The van der Waals surface area contributed by atoms with Crippen LogP contribution in [0.15, 0.2) is 49.1 Å². The predicted octanol–water partition coefficient (Wildman–Crippen LogP) is 7.51. The van der Waals surface area contributed by atoms with Crippen LogP contribution < -0.4 is 14.4 Å². The molecule has 3 aromatic carbocycles. The van der Waals surface area contributed by atoms with E-state index in [1.165, 1.54) is 12.1 Å². The molecule has 1 aliphatic carbocycles. The van der Waals surface area contributed by atoms with Crippen LogP contribution in [0.2, 0.25) is 10.0 Å². The molecule has 8 rings (SSSR count). The molecule has 4 heterocycles. The molecule has 51 heavy (non-hydrogen) atoms. The fourth-order valence-electron chi connectivity index (χ4n) is 8.08. The summed E-state index contributed by atoms with van der Waals surface area (Å²) in [7, 11) is 0. The summed E-state index contributed by atoms with van der Waals surface area (Å²) in [5, 5.41) is 2.15. The van der Waals surface area contributed by atoms with Crippen molar-refractivity contribution in [1.82, 2.24) is 19.8 Å². The Morgan fingerprint density at radius 3 is 2.78 bits per heavy atom. The fourth-order valence-corrected chi connectivity index (χ4v) is 8.65. The lowest BCUT2D eigenvalue weighted by Gasteiger charge is -2.39. The summed E-state index contributed by atoms with van der Waals surface area (Å²) in [5.74, 6) is 0.137. The number of amides is 1. The molecule has 0 unspecified atom stereocenters. The molecule has 3 atom stereocenters. The topological polar surface area (TPSA) is 75.4 Å². The third-order valence-electron chi connectivity index (χ3n) is 10.6. The summed E-state index contributed by atoms with van der Waals surface area (Å²) < 4.78 is 42.7. The van der Waals surface area contributed by atoms with Crippen molar-refractivity contribution < 1.29 is 23.0 Å². The smallest absolute Gasteiger partial charge is 0.319 e. The van der Waals surface area contributed by atoms with Gasteiger partial charge in [0, 0.05) is 48.9 Å². The summed E-state index contributed by atoms with van der Waals surface area (Å²) in [5.41, 5.74) is 1.13. The molecule has 264 valence electrons. The highest BCUT2D eigenvalue weighted by molar-refractivity contribution is 6.39. The molecule has 3 aliphatic heterocycles. The molecular formula is C38H36Cl2F2N6O3. The van der Waals surface area contributed by atoms with Gasteiger partial charge in [-0.05, 0) is 61.4 Å². The highest BCUT2D eigenvalue weighted by atomic mass is 35.5. The summed E-state index contributed by atoms with van der Waals surface area (Å²) >= 11 is 13.8. The van der Waals surface area contributed by atoms with Crippen molar-refractivity contribution >= 4 is 56.6 Å². The molecule has 4 fully saturated rings. The van der Waals surface area contributed by atoms with Crippen molar-refractivity contribution in [1.29, 1.82) is 0 Å². The van der Waals surface area contributed by atoms with Gasteiger partial charge >= 0.3 is 6.01 Å². The molecule has 4 aliphatic rings. The number of rotatable bonds is 9. The number of halogens is 4. The van der Waals surface area contributed by atoms with E-state index >= 15 is 0 Å². The number of nitrogens with zero attached hydrogens (tertiary/aromatic N) is 6. The largest absolute Gasteiger partial charge is 0.487 e. The van der Waals surface area contributed by atoms with Crippen LogP contribution in [0.5, 0.6) is 11.8 Å². The van der Waals surface area contributed by atoms with Gasteiger partial charge in [0.25, 0.3) is 0 Å². The maximum absolute atomic E-state index is 14.9. The van der Waals surface area contributed by atoms with E-state index in [4.69, 9.17) is 49.2 Å². The molecule has 0 radical (unpaired) electrons. The van der Waals surface area contributed by atoms with Gasteiger partial charge in [0.05, 0.1) is 21.7 Å². The van der Waals surface area contributed by atoms with E-state index in [2.05, 4.69) is 16.3 Å². The molecule has 9 nitrogen and oxygen atoms in total. The van der Waals surface area contributed by atoms with Gasteiger partial charge in [-0.3, -0.25) is 9.69 Å². The molecule has 1 saturated carbocycles. The van der Waals surface area contributed by atoms with Gasteiger partial charge in [-0.1, -0.05) is 54.0 Å². The first-order valence-corrected chi connectivity index (χ1v) is 18.1. The fraction of sp³-hybridized carbons (Fsp3) is 0.421. The second-order valence-corrected chi connectivity index (χ2v) is 14.7. The van der Waals surface area contributed by atoms with E-state index in [-0.39, 0.29) is 36.2 Å². The molecule has 0 spiro atoms. The average molecular weight is 734 g/mol. The molecule has 0 bridgehead atoms. The number of piperazine rings is 1. The highest BCUT2D eigenvalue weighted by Crippen LogP contribution is 2.49. The van der Waals surface area contributed by atoms with Crippen LogP contribution in [0.25, 0.3) is 37.6 Å². The summed E-state index contributed by atoms with van der Waals surface area (Å²) in [6, 6.07) is 10.0. The molecule has 4 aromatic rings. The van der Waals surface area contributed by atoms with Crippen molar-refractivity contribution in [3.05, 3.63) is 76.3 Å². The number of carbonyl (C=O) groups excluding carboxylic acids is 1. The number of alkyl halides is 1. The van der Waals surface area contributed by atoms with Crippen LogP contribution in [-0.4, -0.2) is 95.4 Å². The molecular weight excluding hydrogens is 697 g/mol. The van der Waals surface area contributed by atoms with E-state index in [0.29, 0.717) is 76.6 Å². The van der Waals surface area contributed by atoms with Gasteiger partial charge in [0.15, 0.2) is 5.75 Å². The van der Waals surface area contributed by atoms with Crippen LogP contribution in [0, 0.1) is 12.4 Å². The minimum atomic E-state index is -0.920. The SMILES string of the molecule is [C-]#[N+]C[C@H]1CN(c2nc(OC[C@@]34CCCN3C[C@H](F)C4)nc3c(OC4CC4)c(-c4cccc5ccc(F)c(Cl)c45)c(Cl)cc23)CCN1C(=O)C=C. The summed E-state index contributed by atoms with van der Waals surface area (Å²) in [6.07, 6.45) is 4.14. The van der Waals surface area contributed by atoms with Gasteiger partial charge in [-0.25, -0.2) is 15.4 Å². The number of aromatic nitrogens is 2. The average Bonchev–Trinajstić information content (AvgIpc) is 3.78. The number of anilines is 1. The Hall–Kier alpha value is -4.24. The standard InChI is InChI=1S/C38H36Cl2F2N6O3/c1-3-30(49)48-15-14-46(20-24(48)18-43-2)36-27-16-28(39)32(26-7-4-6-22-8-11-29(42)33(40)31(22)26)35(51-25-9-10-25)34(27)44-37(45-36)50-21-38-12-5-13-47(38)19-23(41)17-38/h3-4,6-8,11,16,23-25H,1,5,9-10,12-15,17-21H2/t23-,24+,38+/m1/s1. The van der Waals surface area contributed by atoms with E-state index in [0.717, 1.165) is 37.6 Å². The van der Waals surface area contributed by atoms with Crippen LogP contribution in [-0.2, 0) is 4.79 Å². The van der Waals surface area contributed by atoms with Crippen molar-refractivity contribution in [3.63, 3.8) is 0 Å². The number of hydrogen-bond acceptors (Lipinski definition) is 7. The van der Waals surface area contributed by atoms with E-state index in [1.807, 2.05) is 23.1 Å². The van der Waals surface area contributed by atoms with Gasteiger partial charge in [0.1, 0.15) is 36.0 Å². The molecule has 1 aromatic heterocycles. The van der Waals surface area contributed by atoms with E-state index in [1.54, 1.807) is 17.0 Å². The molecule has 1 amide bonds. The quantitative estimate of drug-likeness (QED) is 0.130. The normalized spacial score (nSPS) is 23.4. The Labute approximate surface area is 304 Å². The maximum atomic E-state index is 14.9. The van der Waals surface area contributed by atoms with Gasteiger partial charge < -0.3 is 24.1 Å². The Morgan fingerprint density at radius 1 is 1.16 bits per heavy atom. The monoisotopic (exact) mass is 732 g/mol. The first-order valence-electron chi connectivity index (χ1n) is 17.3. The number of carbonyl (C=O) groups is 1. The van der Waals surface area contributed by atoms with Crippen LogP contribution in [0.1, 0.15) is 32.1 Å². The third-order valence-corrected chi connectivity index (χ3v) is 11.3. The Balaban J connectivity index is 1.31. The molecule has 13 heteroatoms. The minimum Gasteiger partial charge on any atom is -0.487 e. The van der Waals surface area contributed by atoms with Gasteiger partial charge in [-0.2, -0.15) is 9.97 Å². The first-order chi connectivity index (χ1) is 24.7. The van der Waals surface area contributed by atoms with Crippen molar-refractivity contribution in [2.24, 2.45) is 0 Å². The van der Waals surface area contributed by atoms with Gasteiger partial charge in [0.2, 0.25) is 12.5 Å². The van der Waals surface area contributed by atoms with E-state index < -0.39 is 23.6 Å². The van der Waals surface area contributed by atoms with Crippen molar-refractivity contribution in [2.45, 2.75) is 56.0 Å². The number of benzene rings is 3. The third kappa shape index (κ3) is 6.11. The zero-order valence-corrected chi connectivity index (χ0v) is 29.4. The van der Waals surface area contributed by atoms with E-state index in [9.17, 15) is 13.6 Å². The Kier molecular flexibility index (Phi) is 8.89. The highest BCUT2D eigenvalue weighted by Gasteiger charge is 2.49. The molecule has 3 saturated heterocycles. The second-order valence-electron chi connectivity index (χ2n) is 13.9. The zero-order valence-electron chi connectivity index (χ0n) is 27.9. The van der Waals surface area contributed by atoms with Crippen molar-refractivity contribution in [3.8, 4) is 22.9 Å². The Bertz CT molecular complexity index is 2110. The lowest BCUT2D eigenvalue weighted by atomic mass is 9.95. The number of ether oxygens (including phenoxy) is 2. The maximum Gasteiger partial charge on any atom is 0.319 e. The van der Waals surface area contributed by atoms with Gasteiger partial charge in [-0.15, -0.1) is 0 Å². The first kappa shape index (κ1) is 33.9. The van der Waals surface area contributed by atoms with Crippen LogP contribution in [0.4, 0.5) is 14.6 Å². The van der Waals surface area contributed by atoms with Crippen molar-refractivity contribution in [2.75, 3.05) is 50.8 Å². The zero-order chi connectivity index (χ0) is 35.4. The summed E-state index contributed by atoms with van der Waals surface area (Å²) in [6.45, 7) is 13.8. The minimum absolute atomic E-state index is 0.0232. The predicted molar refractivity (Wildman–Crippen MR) is 194 cm³/mol. The second kappa shape index (κ2) is 13.4. The summed E-state index contributed by atoms with van der Waals surface area (Å²) in [4.78, 5) is 32.1. The lowest BCUT2D eigenvalue weighted by molar-refractivity contribution is -0.128. The number of hydrogen-bond donors (Lipinski definition) is 0. The number of fused-ring (bicyclic) bond motifs is 3. The van der Waals surface area contributed by atoms with Crippen LogP contribution in [0.3, 0.4) is 0 Å². The Morgan fingerprint density at radius 2 is 2.00 bits per heavy atom. The lowest BCUT2D eigenvalue weighted by Crippen LogP contribution is -2.56. The van der Waals surface area contributed by atoms with Crippen LogP contribution >= 0.6 is 23.2 Å². The molecule has 0 N–H and O–H groups in total.